The number of esters is 1. The van der Waals surface area contributed by atoms with Gasteiger partial charge in [-0.25, -0.2) is 4.79 Å². The molecule has 0 unspecified atom stereocenters. The Labute approximate surface area is 91.0 Å². The molecule has 1 aromatic rings. The largest absolute Gasteiger partial charge is 0.421 e. The highest BCUT2D eigenvalue weighted by Crippen LogP contribution is 2.17. The van der Waals surface area contributed by atoms with Crippen LogP contribution < -0.4 is 4.74 Å². The number of hydrogen-bond acceptors (Lipinski definition) is 5. The highest BCUT2D eigenvalue weighted by Gasteiger charge is 2.14. The summed E-state index contributed by atoms with van der Waals surface area (Å²) in [5.74, 6) is -1.49. The van der Waals surface area contributed by atoms with E-state index in [-0.39, 0.29) is 17.9 Å². The Morgan fingerprint density at radius 2 is 1.88 bits per heavy atom. The van der Waals surface area contributed by atoms with Crippen LogP contribution in [0, 0.1) is 10.1 Å². The van der Waals surface area contributed by atoms with Crippen molar-refractivity contribution in [3.8, 4) is 5.75 Å². The normalized spacial score (nSPS) is 9.56. The van der Waals surface area contributed by atoms with E-state index in [1.54, 1.807) is 6.92 Å². The zero-order chi connectivity index (χ0) is 12.1. The molecule has 0 saturated heterocycles. The minimum atomic E-state index is -0.962. The van der Waals surface area contributed by atoms with Gasteiger partial charge in [0.05, 0.1) is 4.92 Å². The molecular formula is C10H9NO5. The second kappa shape index (κ2) is 5.01. The Morgan fingerprint density at radius 3 is 2.31 bits per heavy atom. The lowest BCUT2D eigenvalue weighted by Gasteiger charge is -2.01. The number of carbonyl (C=O) groups is 2. The van der Waals surface area contributed by atoms with E-state index >= 15 is 0 Å². The molecule has 0 saturated carbocycles. The molecule has 0 aliphatic carbocycles. The van der Waals surface area contributed by atoms with E-state index in [2.05, 4.69) is 0 Å². The van der Waals surface area contributed by atoms with Crippen molar-refractivity contribution in [2.75, 3.05) is 0 Å². The van der Waals surface area contributed by atoms with Gasteiger partial charge < -0.3 is 4.74 Å². The third-order valence-electron chi connectivity index (χ3n) is 1.81. The van der Waals surface area contributed by atoms with Crippen LogP contribution >= 0.6 is 0 Å². The first-order valence-corrected chi connectivity index (χ1v) is 4.54. The number of benzene rings is 1. The molecule has 0 amide bonds. The van der Waals surface area contributed by atoms with Gasteiger partial charge in [0.2, 0.25) is 5.78 Å². The van der Waals surface area contributed by atoms with E-state index in [0.29, 0.717) is 0 Å². The van der Waals surface area contributed by atoms with E-state index in [9.17, 15) is 19.7 Å². The molecule has 0 N–H and O–H groups in total. The monoisotopic (exact) mass is 223 g/mol. The summed E-state index contributed by atoms with van der Waals surface area (Å²) < 4.78 is 4.69. The first kappa shape index (κ1) is 11.8. The van der Waals surface area contributed by atoms with E-state index in [1.807, 2.05) is 0 Å². The summed E-state index contributed by atoms with van der Waals surface area (Å²) in [6.07, 6.45) is 0.0613. The first-order chi connectivity index (χ1) is 7.54. The average molecular weight is 223 g/mol. The van der Waals surface area contributed by atoms with Crippen LogP contribution in [0.4, 0.5) is 5.69 Å². The van der Waals surface area contributed by atoms with Gasteiger partial charge in [-0.3, -0.25) is 14.9 Å². The molecular weight excluding hydrogens is 214 g/mol. The van der Waals surface area contributed by atoms with Crippen molar-refractivity contribution in [2.45, 2.75) is 13.3 Å². The molecule has 0 aromatic heterocycles. The lowest BCUT2D eigenvalue weighted by Crippen LogP contribution is -2.19. The highest BCUT2D eigenvalue weighted by atomic mass is 16.6. The molecule has 6 heteroatoms. The van der Waals surface area contributed by atoms with Crippen molar-refractivity contribution in [3.05, 3.63) is 34.4 Å². The van der Waals surface area contributed by atoms with Gasteiger partial charge in [0, 0.05) is 18.6 Å². The van der Waals surface area contributed by atoms with Crippen LogP contribution in [-0.2, 0) is 9.59 Å². The third kappa shape index (κ3) is 2.88. The molecule has 0 heterocycles. The summed E-state index contributed by atoms with van der Waals surface area (Å²) >= 11 is 0. The molecule has 0 radical (unpaired) electrons. The van der Waals surface area contributed by atoms with Crippen LogP contribution in [0.3, 0.4) is 0 Å². The number of ether oxygens (including phenoxy) is 1. The summed E-state index contributed by atoms with van der Waals surface area (Å²) in [7, 11) is 0. The maximum Gasteiger partial charge on any atom is 0.379 e. The van der Waals surface area contributed by atoms with Gasteiger partial charge in [-0.2, -0.15) is 0 Å². The van der Waals surface area contributed by atoms with Gasteiger partial charge in [-0.15, -0.1) is 0 Å². The van der Waals surface area contributed by atoms with Crippen molar-refractivity contribution in [2.24, 2.45) is 0 Å². The molecule has 0 spiro atoms. The van der Waals surface area contributed by atoms with Crippen molar-refractivity contribution in [1.82, 2.24) is 0 Å². The Kier molecular flexibility index (Phi) is 3.71. The summed E-state index contributed by atoms with van der Waals surface area (Å²) in [4.78, 5) is 31.7. The summed E-state index contributed by atoms with van der Waals surface area (Å²) in [5.41, 5.74) is -0.110. The Morgan fingerprint density at radius 1 is 1.31 bits per heavy atom. The molecule has 0 atom stereocenters. The summed E-state index contributed by atoms with van der Waals surface area (Å²) in [6.45, 7) is 1.54. The standard InChI is InChI=1S/C10H9NO5/c1-2-9(12)10(13)16-8-5-3-7(4-6-8)11(14)15/h3-6H,2H2,1H3. The van der Waals surface area contributed by atoms with E-state index in [1.165, 1.54) is 24.3 Å². The lowest BCUT2D eigenvalue weighted by atomic mass is 10.3. The van der Waals surface area contributed by atoms with Crippen LogP contribution in [0.25, 0.3) is 0 Å². The van der Waals surface area contributed by atoms with Crippen LogP contribution in [0.1, 0.15) is 13.3 Å². The van der Waals surface area contributed by atoms with E-state index in [0.717, 1.165) is 0 Å². The molecule has 16 heavy (non-hydrogen) atoms. The minimum Gasteiger partial charge on any atom is -0.421 e. The topological polar surface area (TPSA) is 86.5 Å². The van der Waals surface area contributed by atoms with Crippen molar-refractivity contribution < 1.29 is 19.2 Å². The molecule has 0 bridgehead atoms. The molecule has 84 valence electrons. The average Bonchev–Trinajstić information content (AvgIpc) is 2.28. The van der Waals surface area contributed by atoms with Crippen molar-refractivity contribution in [1.29, 1.82) is 0 Å². The maximum atomic E-state index is 11.1. The molecule has 1 rings (SSSR count). The fourth-order valence-electron chi connectivity index (χ4n) is 0.944. The number of nitro benzene ring substituents is 1. The number of Topliss-reactive ketones (excluding diaryl/α,β-unsaturated/α-hetero) is 1. The van der Waals surface area contributed by atoms with Crippen molar-refractivity contribution in [3.63, 3.8) is 0 Å². The zero-order valence-electron chi connectivity index (χ0n) is 8.50. The number of hydrogen-bond donors (Lipinski definition) is 0. The minimum absolute atomic E-state index is 0.0613. The second-order valence-electron chi connectivity index (χ2n) is 2.92. The number of nitro groups is 1. The predicted octanol–water partition coefficient (Wildman–Crippen LogP) is 1.48. The molecule has 1 aromatic carbocycles. The molecule has 6 nitrogen and oxygen atoms in total. The third-order valence-corrected chi connectivity index (χ3v) is 1.81. The lowest BCUT2D eigenvalue weighted by molar-refractivity contribution is -0.384. The van der Waals surface area contributed by atoms with E-state index < -0.39 is 16.7 Å². The van der Waals surface area contributed by atoms with Gasteiger partial charge in [-0.1, -0.05) is 6.92 Å². The molecule has 0 aliphatic heterocycles. The molecule has 0 aliphatic rings. The number of nitrogens with zero attached hydrogens (tertiary/aromatic N) is 1. The Balaban J connectivity index is 2.72. The Bertz CT molecular complexity index is 423. The van der Waals surface area contributed by atoms with Crippen LogP contribution in [0.5, 0.6) is 5.75 Å². The van der Waals surface area contributed by atoms with Gasteiger partial charge in [0.25, 0.3) is 5.69 Å². The maximum absolute atomic E-state index is 11.1. The van der Waals surface area contributed by atoms with Crippen molar-refractivity contribution >= 4 is 17.4 Å². The number of non-ortho nitro benzene ring substituents is 1. The van der Waals surface area contributed by atoms with Crippen LogP contribution in [0.15, 0.2) is 24.3 Å². The number of carbonyl (C=O) groups excluding carboxylic acids is 2. The smallest absolute Gasteiger partial charge is 0.379 e. The summed E-state index contributed by atoms with van der Waals surface area (Å²) in [5, 5.41) is 10.3. The fourth-order valence-corrected chi connectivity index (χ4v) is 0.944. The van der Waals surface area contributed by atoms with Gasteiger partial charge >= 0.3 is 5.97 Å². The predicted molar refractivity (Wildman–Crippen MR) is 54.0 cm³/mol. The fraction of sp³-hybridized carbons (Fsp3) is 0.200. The molecule has 0 fully saturated rings. The summed E-state index contributed by atoms with van der Waals surface area (Å²) in [6, 6.07) is 4.91. The van der Waals surface area contributed by atoms with Gasteiger partial charge in [0.1, 0.15) is 5.75 Å². The van der Waals surface area contributed by atoms with Crippen LogP contribution in [0.2, 0.25) is 0 Å². The number of ketones is 1. The number of rotatable bonds is 4. The van der Waals surface area contributed by atoms with Gasteiger partial charge in [0.15, 0.2) is 0 Å². The van der Waals surface area contributed by atoms with E-state index in [4.69, 9.17) is 4.74 Å². The zero-order valence-corrected chi connectivity index (χ0v) is 8.50. The van der Waals surface area contributed by atoms with Gasteiger partial charge in [-0.05, 0) is 12.1 Å². The Hall–Kier alpha value is -2.24. The second-order valence-corrected chi connectivity index (χ2v) is 2.92. The quantitative estimate of drug-likeness (QED) is 0.253. The SMILES string of the molecule is CCC(=O)C(=O)Oc1ccc([N+](=O)[O-])cc1. The highest BCUT2D eigenvalue weighted by molar-refractivity contribution is 6.34. The first-order valence-electron chi connectivity index (χ1n) is 4.54. The van der Waals surface area contributed by atoms with Crippen LogP contribution in [-0.4, -0.2) is 16.7 Å².